The number of hydrogen-bond donors (Lipinski definition) is 1. The summed E-state index contributed by atoms with van der Waals surface area (Å²) in [6.07, 6.45) is -37.9. The molecule has 0 aliphatic carbocycles. The van der Waals surface area contributed by atoms with E-state index in [1.807, 2.05) is 4.74 Å². The lowest BCUT2D eigenvalue weighted by atomic mass is 10.2. The largest absolute Gasteiger partial charge is 0.462 e. The lowest BCUT2D eigenvalue weighted by Crippen LogP contribution is -2.68. The Morgan fingerprint density at radius 3 is 1.54 bits per heavy atom. The van der Waals surface area contributed by atoms with Crippen LogP contribution in [-0.4, -0.2) is 59.3 Å². The maximum absolute atomic E-state index is 14.2. The van der Waals surface area contributed by atoms with Crippen molar-refractivity contribution in [2.24, 2.45) is 0 Å². The minimum absolute atomic E-state index is 0.131. The summed E-state index contributed by atoms with van der Waals surface area (Å²) in [4.78, 5) is 14.4. The zero-order valence-electron chi connectivity index (χ0n) is 15.2. The van der Waals surface area contributed by atoms with E-state index in [4.69, 9.17) is 0 Å². The van der Waals surface area contributed by atoms with Gasteiger partial charge in [-0.1, -0.05) is 0 Å². The second kappa shape index (κ2) is 8.74. The summed E-state index contributed by atoms with van der Waals surface area (Å²) < 4.78 is 224. The van der Waals surface area contributed by atoms with E-state index >= 15 is 0 Å². The first-order valence-corrected chi connectivity index (χ1v) is 8.37. The highest BCUT2D eigenvalue weighted by Gasteiger charge is 2.85. The highest BCUT2D eigenvalue weighted by Crippen LogP contribution is 2.56. The molecule has 0 aliphatic heterocycles. The molecule has 0 saturated carbocycles. The smallest absolute Gasteiger partial charge is 0.297 e. The predicted octanol–water partition coefficient (Wildman–Crippen LogP) is 5.95. The SMILES string of the molecule is O=C(Nc1nccs1)[C@@](F)(OC(F)(F)[C@](F)(OC(F)(F)C(F)(F)C(F)(F)F)C(F)(F)F)C(F)(F)F. The third-order valence-electron chi connectivity index (χ3n) is 3.31. The van der Waals surface area contributed by atoms with E-state index < -0.39 is 59.4 Å². The molecule has 23 heteroatoms. The van der Waals surface area contributed by atoms with Crippen molar-refractivity contribution in [3.63, 3.8) is 0 Å². The number of ether oxygens (including phenoxy) is 2. The van der Waals surface area contributed by atoms with Gasteiger partial charge in [0.15, 0.2) is 5.13 Å². The third-order valence-corrected chi connectivity index (χ3v) is 4.00. The number of nitrogens with zero attached hydrogens (tertiary/aromatic N) is 1. The standard InChI is InChI=1S/C12H3F17N2O3S/c13-5(8(17,18)19,3(32)31-4-30-1-2-35-4)33-12(28,29)7(16,10(23,24)25)34-11(26,27)6(14,15)9(20,21)22/h1-2H,(H,30,31,32)/t5-,7-/m1/s1. The van der Waals surface area contributed by atoms with Crippen molar-refractivity contribution in [2.45, 2.75) is 48.4 Å². The average molecular weight is 578 g/mol. The minimum atomic E-state index is -8.05. The number of hydrogen-bond acceptors (Lipinski definition) is 5. The maximum atomic E-state index is 14.2. The predicted molar refractivity (Wildman–Crippen MR) is 73.6 cm³/mol. The Kier molecular flexibility index (Phi) is 7.71. The van der Waals surface area contributed by atoms with E-state index in [-0.39, 0.29) is 11.3 Å². The molecular formula is C12H3F17N2O3S. The first-order valence-electron chi connectivity index (χ1n) is 7.49. The molecule has 0 fully saturated rings. The summed E-state index contributed by atoms with van der Waals surface area (Å²) in [7, 11) is 0. The zero-order chi connectivity index (χ0) is 28.1. The highest BCUT2D eigenvalue weighted by molar-refractivity contribution is 7.13. The van der Waals surface area contributed by atoms with Crippen LogP contribution in [0.4, 0.5) is 79.8 Å². The van der Waals surface area contributed by atoms with Crippen molar-refractivity contribution < 1.29 is 88.9 Å². The fourth-order valence-corrected chi connectivity index (χ4v) is 2.15. The summed E-state index contributed by atoms with van der Waals surface area (Å²) >= 11 is 0.131. The van der Waals surface area contributed by atoms with Gasteiger partial charge in [-0.3, -0.25) is 19.6 Å². The summed E-state index contributed by atoms with van der Waals surface area (Å²) in [6.45, 7) is 0. The number of rotatable bonds is 8. The van der Waals surface area contributed by atoms with Crippen LogP contribution in [0.3, 0.4) is 0 Å². The van der Waals surface area contributed by atoms with Crippen LogP contribution in [0.5, 0.6) is 0 Å². The summed E-state index contributed by atoms with van der Waals surface area (Å²) in [5, 5.41) is 0.486. The molecule has 1 amide bonds. The van der Waals surface area contributed by atoms with E-state index in [9.17, 15) is 79.4 Å². The molecule has 1 rings (SSSR count). The van der Waals surface area contributed by atoms with Gasteiger partial charge in [-0.15, -0.1) is 11.3 Å². The molecule has 1 heterocycles. The van der Waals surface area contributed by atoms with Crippen molar-refractivity contribution in [2.75, 3.05) is 5.32 Å². The molecule has 1 N–H and O–H groups in total. The molecule has 2 atom stereocenters. The molecule has 0 unspecified atom stereocenters. The van der Waals surface area contributed by atoms with Crippen LogP contribution in [0.25, 0.3) is 0 Å². The number of anilines is 1. The summed E-state index contributed by atoms with van der Waals surface area (Å²) in [6, 6.07) is 0. The fourth-order valence-electron chi connectivity index (χ4n) is 1.63. The Balaban J connectivity index is 3.60. The quantitative estimate of drug-likeness (QED) is 0.388. The molecule has 35 heavy (non-hydrogen) atoms. The maximum Gasteiger partial charge on any atom is 0.462 e. The van der Waals surface area contributed by atoms with Crippen molar-refractivity contribution in [3.05, 3.63) is 11.6 Å². The molecule has 0 aromatic carbocycles. The topological polar surface area (TPSA) is 60.5 Å². The van der Waals surface area contributed by atoms with Crippen LogP contribution in [0, 0.1) is 0 Å². The molecule has 0 saturated heterocycles. The number of amides is 1. The number of alkyl halides is 17. The van der Waals surface area contributed by atoms with Gasteiger partial charge in [0.25, 0.3) is 0 Å². The minimum Gasteiger partial charge on any atom is -0.297 e. The van der Waals surface area contributed by atoms with Crippen LogP contribution in [0.1, 0.15) is 0 Å². The summed E-state index contributed by atoms with van der Waals surface area (Å²) in [5.41, 5.74) is 0. The molecule has 0 spiro atoms. The average Bonchev–Trinajstić information content (AvgIpc) is 3.10. The Labute approximate surface area is 182 Å². The summed E-state index contributed by atoms with van der Waals surface area (Å²) in [5.74, 6) is -26.3. The zero-order valence-corrected chi connectivity index (χ0v) is 16.0. The van der Waals surface area contributed by atoms with Crippen molar-refractivity contribution in [1.82, 2.24) is 4.98 Å². The van der Waals surface area contributed by atoms with E-state index in [1.54, 1.807) is 0 Å². The van der Waals surface area contributed by atoms with Crippen LogP contribution in [0.2, 0.25) is 0 Å². The number of carbonyl (C=O) groups excluding carboxylic acids is 1. The number of carbonyl (C=O) groups is 1. The van der Waals surface area contributed by atoms with Gasteiger partial charge in [0.2, 0.25) is 0 Å². The first-order chi connectivity index (χ1) is 15.2. The number of aromatic nitrogens is 1. The van der Waals surface area contributed by atoms with Gasteiger partial charge in [-0.05, 0) is 0 Å². The van der Waals surface area contributed by atoms with Crippen molar-refractivity contribution in [1.29, 1.82) is 0 Å². The number of halogens is 17. The van der Waals surface area contributed by atoms with Gasteiger partial charge in [-0.25, -0.2) is 4.98 Å². The van der Waals surface area contributed by atoms with Gasteiger partial charge in [0, 0.05) is 11.6 Å². The molecule has 5 nitrogen and oxygen atoms in total. The van der Waals surface area contributed by atoms with Gasteiger partial charge in [-0.2, -0.15) is 74.6 Å². The van der Waals surface area contributed by atoms with E-state index in [0.29, 0.717) is 6.20 Å². The molecule has 0 radical (unpaired) electrons. The first kappa shape index (κ1) is 30.9. The van der Waals surface area contributed by atoms with Gasteiger partial charge < -0.3 is 0 Å². The number of thiazole rings is 1. The Morgan fingerprint density at radius 1 is 0.714 bits per heavy atom. The van der Waals surface area contributed by atoms with E-state index in [1.165, 1.54) is 4.74 Å². The van der Waals surface area contributed by atoms with Crippen molar-refractivity contribution in [3.8, 4) is 0 Å². The van der Waals surface area contributed by atoms with Crippen LogP contribution in [-0.2, 0) is 14.3 Å². The molecule has 0 bridgehead atoms. The molecule has 1 aromatic rings. The van der Waals surface area contributed by atoms with Crippen LogP contribution < -0.4 is 5.32 Å². The monoisotopic (exact) mass is 578 g/mol. The second-order valence-electron chi connectivity index (χ2n) is 5.79. The molecule has 1 aromatic heterocycles. The number of nitrogens with one attached hydrogen (secondary N) is 1. The molecular weight excluding hydrogens is 575 g/mol. The van der Waals surface area contributed by atoms with Gasteiger partial charge in [0.05, 0.1) is 0 Å². The van der Waals surface area contributed by atoms with Gasteiger partial charge >= 0.3 is 54.3 Å². The van der Waals surface area contributed by atoms with Gasteiger partial charge in [0.1, 0.15) is 0 Å². The molecule has 204 valence electrons. The fraction of sp³-hybridized carbons (Fsp3) is 0.667. The lowest BCUT2D eigenvalue weighted by Gasteiger charge is -2.40. The van der Waals surface area contributed by atoms with Crippen molar-refractivity contribution >= 4 is 22.4 Å². The third kappa shape index (κ3) is 5.49. The van der Waals surface area contributed by atoms with E-state index in [2.05, 4.69) is 4.98 Å². The van der Waals surface area contributed by atoms with Crippen LogP contribution in [0.15, 0.2) is 11.6 Å². The molecule has 0 aliphatic rings. The van der Waals surface area contributed by atoms with Crippen LogP contribution >= 0.6 is 11.3 Å². The second-order valence-corrected chi connectivity index (χ2v) is 6.68. The Hall–Kier alpha value is -2.17. The Morgan fingerprint density at radius 2 is 1.20 bits per heavy atom. The Bertz CT molecular complexity index is 896. The highest BCUT2D eigenvalue weighted by atomic mass is 32.1. The van der Waals surface area contributed by atoms with E-state index in [0.717, 1.165) is 10.7 Å². The lowest BCUT2D eigenvalue weighted by molar-refractivity contribution is -0.548. The normalized spacial score (nSPS) is 18.1.